The minimum atomic E-state index is -0.259. The lowest BCUT2D eigenvalue weighted by Crippen LogP contribution is -2.47. The Balaban J connectivity index is 2.21. The standard InChI is InChI=1S/C13H25NO3/c1-5-16-12(15)10-17-11-6-8-14(9-7-11)13(2,3)4/h11H,5-10H2,1-4H3. The van der Waals surface area contributed by atoms with Crippen LogP contribution < -0.4 is 0 Å². The first-order chi connectivity index (χ1) is 7.93. The number of likely N-dealkylation sites (tertiary alicyclic amines) is 1. The Morgan fingerprint density at radius 2 is 1.88 bits per heavy atom. The third-order valence-corrected chi connectivity index (χ3v) is 3.13. The number of rotatable bonds is 4. The number of ether oxygens (including phenoxy) is 2. The molecule has 0 aromatic heterocycles. The van der Waals surface area contributed by atoms with Crippen LogP contribution in [0.15, 0.2) is 0 Å². The van der Waals surface area contributed by atoms with E-state index in [1.807, 2.05) is 0 Å². The molecular formula is C13H25NO3. The van der Waals surface area contributed by atoms with Crippen LogP contribution in [0.2, 0.25) is 0 Å². The molecule has 0 N–H and O–H groups in total. The molecule has 17 heavy (non-hydrogen) atoms. The highest BCUT2D eigenvalue weighted by Gasteiger charge is 2.27. The zero-order chi connectivity index (χ0) is 12.9. The van der Waals surface area contributed by atoms with Gasteiger partial charge in [-0.3, -0.25) is 4.90 Å². The van der Waals surface area contributed by atoms with Crippen LogP contribution in [0.4, 0.5) is 0 Å². The molecule has 0 amide bonds. The largest absolute Gasteiger partial charge is 0.464 e. The van der Waals surface area contributed by atoms with E-state index < -0.39 is 0 Å². The van der Waals surface area contributed by atoms with Crippen molar-refractivity contribution in [3.8, 4) is 0 Å². The van der Waals surface area contributed by atoms with Crippen LogP contribution in [0.1, 0.15) is 40.5 Å². The number of carbonyl (C=O) groups is 1. The van der Waals surface area contributed by atoms with E-state index >= 15 is 0 Å². The van der Waals surface area contributed by atoms with Crippen LogP contribution in [0, 0.1) is 0 Å². The molecule has 1 aliphatic heterocycles. The van der Waals surface area contributed by atoms with Crippen molar-refractivity contribution in [3.63, 3.8) is 0 Å². The van der Waals surface area contributed by atoms with E-state index in [2.05, 4.69) is 25.7 Å². The van der Waals surface area contributed by atoms with Crippen molar-refractivity contribution >= 4 is 5.97 Å². The first-order valence-corrected chi connectivity index (χ1v) is 6.45. The molecule has 0 unspecified atom stereocenters. The fraction of sp³-hybridized carbons (Fsp3) is 0.923. The van der Waals surface area contributed by atoms with Crippen LogP contribution in [0.25, 0.3) is 0 Å². The summed E-state index contributed by atoms with van der Waals surface area (Å²) in [5, 5.41) is 0. The lowest BCUT2D eigenvalue weighted by Gasteiger charge is -2.40. The van der Waals surface area contributed by atoms with Gasteiger partial charge in [0.05, 0.1) is 12.7 Å². The van der Waals surface area contributed by atoms with Gasteiger partial charge in [-0.1, -0.05) is 0 Å². The van der Waals surface area contributed by atoms with Gasteiger partial charge in [-0.15, -0.1) is 0 Å². The highest BCUT2D eigenvalue weighted by molar-refractivity contribution is 5.70. The molecule has 1 fully saturated rings. The summed E-state index contributed by atoms with van der Waals surface area (Å²) in [4.78, 5) is 13.6. The molecule has 4 heteroatoms. The molecule has 0 radical (unpaired) electrons. The predicted molar refractivity (Wildman–Crippen MR) is 66.9 cm³/mol. The molecule has 0 bridgehead atoms. The van der Waals surface area contributed by atoms with Gasteiger partial charge < -0.3 is 9.47 Å². The van der Waals surface area contributed by atoms with Crippen molar-refractivity contribution in [3.05, 3.63) is 0 Å². The van der Waals surface area contributed by atoms with Crippen LogP contribution in [0.3, 0.4) is 0 Å². The summed E-state index contributed by atoms with van der Waals surface area (Å²) in [5.74, 6) is -0.259. The van der Waals surface area contributed by atoms with E-state index in [-0.39, 0.29) is 24.2 Å². The molecule has 0 aromatic rings. The Morgan fingerprint density at radius 1 is 1.29 bits per heavy atom. The quantitative estimate of drug-likeness (QED) is 0.706. The smallest absolute Gasteiger partial charge is 0.332 e. The molecule has 1 heterocycles. The molecule has 4 nitrogen and oxygen atoms in total. The van der Waals surface area contributed by atoms with Gasteiger partial charge in [0.25, 0.3) is 0 Å². The van der Waals surface area contributed by atoms with Crippen molar-refractivity contribution in [2.24, 2.45) is 0 Å². The Bertz CT molecular complexity index is 240. The van der Waals surface area contributed by atoms with Gasteiger partial charge in [0.15, 0.2) is 0 Å². The van der Waals surface area contributed by atoms with E-state index in [4.69, 9.17) is 9.47 Å². The number of piperidine rings is 1. The van der Waals surface area contributed by atoms with E-state index in [1.54, 1.807) is 6.92 Å². The number of hydrogen-bond donors (Lipinski definition) is 0. The van der Waals surface area contributed by atoms with Crippen molar-refractivity contribution in [2.75, 3.05) is 26.3 Å². The average Bonchev–Trinajstić information content (AvgIpc) is 2.26. The van der Waals surface area contributed by atoms with Crippen molar-refractivity contribution in [1.29, 1.82) is 0 Å². The average molecular weight is 243 g/mol. The number of nitrogens with zero attached hydrogens (tertiary/aromatic N) is 1. The highest BCUT2D eigenvalue weighted by atomic mass is 16.6. The minimum absolute atomic E-state index is 0.0913. The maximum absolute atomic E-state index is 11.2. The number of hydrogen-bond acceptors (Lipinski definition) is 4. The SMILES string of the molecule is CCOC(=O)COC1CCN(C(C)(C)C)CC1. The van der Waals surface area contributed by atoms with Crippen molar-refractivity contribution in [2.45, 2.75) is 52.2 Å². The van der Waals surface area contributed by atoms with Gasteiger partial charge in [0.2, 0.25) is 0 Å². The fourth-order valence-electron chi connectivity index (χ4n) is 2.08. The zero-order valence-electron chi connectivity index (χ0n) is 11.5. The highest BCUT2D eigenvalue weighted by Crippen LogP contribution is 2.21. The molecule has 0 saturated carbocycles. The topological polar surface area (TPSA) is 38.8 Å². The van der Waals surface area contributed by atoms with Crippen molar-refractivity contribution in [1.82, 2.24) is 4.90 Å². The molecule has 1 rings (SSSR count). The van der Waals surface area contributed by atoms with Crippen LogP contribution in [0.5, 0.6) is 0 Å². The summed E-state index contributed by atoms with van der Waals surface area (Å²) in [6, 6.07) is 0. The zero-order valence-corrected chi connectivity index (χ0v) is 11.5. The van der Waals surface area contributed by atoms with E-state index in [9.17, 15) is 4.79 Å². The van der Waals surface area contributed by atoms with Gasteiger partial charge in [-0.25, -0.2) is 4.79 Å². The summed E-state index contributed by atoms with van der Waals surface area (Å²) in [6.07, 6.45) is 2.20. The summed E-state index contributed by atoms with van der Waals surface area (Å²) < 4.78 is 10.4. The maximum Gasteiger partial charge on any atom is 0.332 e. The molecule has 0 spiro atoms. The molecule has 0 aliphatic carbocycles. The van der Waals surface area contributed by atoms with E-state index in [1.165, 1.54) is 0 Å². The Labute approximate surface area is 104 Å². The molecule has 1 saturated heterocycles. The Morgan fingerprint density at radius 3 is 2.35 bits per heavy atom. The number of esters is 1. The van der Waals surface area contributed by atoms with Crippen LogP contribution in [-0.4, -0.2) is 48.8 Å². The van der Waals surface area contributed by atoms with Gasteiger partial charge in [-0.2, -0.15) is 0 Å². The first-order valence-electron chi connectivity index (χ1n) is 6.45. The molecule has 0 atom stereocenters. The lowest BCUT2D eigenvalue weighted by atomic mass is 9.99. The second-order valence-corrected chi connectivity index (χ2v) is 5.47. The molecule has 0 aromatic carbocycles. The van der Waals surface area contributed by atoms with Gasteiger partial charge in [-0.05, 0) is 40.5 Å². The lowest BCUT2D eigenvalue weighted by molar-refractivity contribution is -0.151. The number of carbonyl (C=O) groups excluding carboxylic acids is 1. The Kier molecular flexibility index (Phi) is 5.40. The van der Waals surface area contributed by atoms with Crippen molar-refractivity contribution < 1.29 is 14.3 Å². The molecular weight excluding hydrogens is 218 g/mol. The third-order valence-electron chi connectivity index (χ3n) is 3.13. The molecule has 1 aliphatic rings. The van der Waals surface area contributed by atoms with E-state index in [0.717, 1.165) is 25.9 Å². The summed E-state index contributed by atoms with van der Waals surface area (Å²) >= 11 is 0. The second kappa shape index (κ2) is 6.36. The van der Waals surface area contributed by atoms with Crippen LogP contribution >= 0.6 is 0 Å². The van der Waals surface area contributed by atoms with Crippen LogP contribution in [-0.2, 0) is 14.3 Å². The van der Waals surface area contributed by atoms with Gasteiger partial charge in [0.1, 0.15) is 6.61 Å². The van der Waals surface area contributed by atoms with E-state index in [0.29, 0.717) is 6.61 Å². The second-order valence-electron chi connectivity index (χ2n) is 5.47. The summed E-state index contributed by atoms with van der Waals surface area (Å²) in [5.41, 5.74) is 0.228. The third kappa shape index (κ3) is 5.04. The summed E-state index contributed by atoms with van der Waals surface area (Å²) in [6.45, 7) is 11.1. The maximum atomic E-state index is 11.2. The monoisotopic (exact) mass is 243 g/mol. The normalized spacial score (nSPS) is 19.3. The first kappa shape index (κ1) is 14.5. The summed E-state index contributed by atoms with van der Waals surface area (Å²) in [7, 11) is 0. The Hall–Kier alpha value is -0.610. The van der Waals surface area contributed by atoms with Gasteiger partial charge >= 0.3 is 5.97 Å². The molecule has 100 valence electrons. The predicted octanol–water partition coefficient (Wildman–Crippen LogP) is 1.83. The van der Waals surface area contributed by atoms with Gasteiger partial charge in [0, 0.05) is 18.6 Å². The fourth-order valence-corrected chi connectivity index (χ4v) is 2.08. The minimum Gasteiger partial charge on any atom is -0.464 e.